The number of carbonyl (C=O) groups is 1. The molecule has 3 nitrogen and oxygen atoms in total. The smallest absolute Gasteiger partial charge is 0.137 e. The summed E-state index contributed by atoms with van der Waals surface area (Å²) < 4.78 is 0. The van der Waals surface area contributed by atoms with E-state index < -0.39 is 0 Å². The molecular weight excluding hydrogens is 214 g/mol. The molecule has 0 unspecified atom stereocenters. The first-order valence-electron chi connectivity index (χ1n) is 6.07. The zero-order valence-electron chi connectivity index (χ0n) is 10.4. The number of aliphatic hydroxyl groups is 1. The zero-order valence-corrected chi connectivity index (χ0v) is 10.4. The minimum absolute atomic E-state index is 0.175. The Kier molecular flexibility index (Phi) is 6.51. The van der Waals surface area contributed by atoms with Crippen LogP contribution in [0.5, 0.6) is 0 Å². The number of aliphatic hydroxyl groups excluding tert-OH is 1. The third-order valence-electron chi connectivity index (χ3n) is 2.72. The number of hydrogen-bond acceptors (Lipinski definition) is 3. The van der Waals surface area contributed by atoms with Crippen LogP contribution in [-0.4, -0.2) is 42.5 Å². The summed E-state index contributed by atoms with van der Waals surface area (Å²) >= 11 is 0. The van der Waals surface area contributed by atoms with Gasteiger partial charge in [-0.2, -0.15) is 0 Å². The Balaban J connectivity index is 2.18. The monoisotopic (exact) mass is 235 g/mol. The zero-order chi connectivity index (χ0) is 12.5. The molecule has 0 aliphatic carbocycles. The van der Waals surface area contributed by atoms with Crippen LogP contribution in [0.25, 0.3) is 0 Å². The van der Waals surface area contributed by atoms with Gasteiger partial charge in [0.25, 0.3) is 0 Å². The van der Waals surface area contributed by atoms with Crippen molar-refractivity contribution in [3.05, 3.63) is 35.9 Å². The van der Waals surface area contributed by atoms with Gasteiger partial charge in [0.15, 0.2) is 0 Å². The second-order valence-corrected chi connectivity index (χ2v) is 4.33. The Hall–Kier alpha value is -1.19. The third-order valence-corrected chi connectivity index (χ3v) is 2.72. The van der Waals surface area contributed by atoms with E-state index in [0.717, 1.165) is 18.5 Å². The van der Waals surface area contributed by atoms with Crippen LogP contribution in [0.15, 0.2) is 30.3 Å². The highest BCUT2D eigenvalue weighted by molar-refractivity contribution is 5.80. The lowest BCUT2D eigenvalue weighted by molar-refractivity contribution is -0.118. The van der Waals surface area contributed by atoms with Crippen LogP contribution in [0.3, 0.4) is 0 Å². The predicted octanol–water partition coefficient (Wildman–Crippen LogP) is 1.50. The molecule has 0 aromatic heterocycles. The number of benzene rings is 1. The normalized spacial score (nSPS) is 10.8. The number of rotatable bonds is 8. The van der Waals surface area contributed by atoms with E-state index in [1.165, 1.54) is 0 Å². The molecule has 1 aromatic carbocycles. The average Bonchev–Trinajstić information content (AvgIpc) is 2.30. The third kappa shape index (κ3) is 6.19. The number of Topliss-reactive ketones (excluding diaryl/α,β-unsaturated/α-hetero) is 1. The second kappa shape index (κ2) is 7.98. The summed E-state index contributed by atoms with van der Waals surface area (Å²) in [6, 6.07) is 9.83. The van der Waals surface area contributed by atoms with Crippen LogP contribution in [-0.2, 0) is 11.2 Å². The molecule has 0 spiro atoms. The van der Waals surface area contributed by atoms with Gasteiger partial charge in [-0.1, -0.05) is 30.3 Å². The van der Waals surface area contributed by atoms with Crippen LogP contribution in [0.4, 0.5) is 0 Å². The van der Waals surface area contributed by atoms with Gasteiger partial charge in [0.2, 0.25) is 0 Å². The molecule has 17 heavy (non-hydrogen) atoms. The summed E-state index contributed by atoms with van der Waals surface area (Å²) in [5.41, 5.74) is 1.08. The second-order valence-electron chi connectivity index (χ2n) is 4.33. The van der Waals surface area contributed by atoms with Crippen LogP contribution < -0.4 is 0 Å². The van der Waals surface area contributed by atoms with E-state index in [1.807, 2.05) is 42.3 Å². The van der Waals surface area contributed by atoms with Crippen LogP contribution in [0.2, 0.25) is 0 Å². The van der Waals surface area contributed by atoms with Crippen molar-refractivity contribution in [2.75, 3.05) is 26.7 Å². The van der Waals surface area contributed by atoms with Gasteiger partial charge < -0.3 is 10.0 Å². The lowest BCUT2D eigenvalue weighted by atomic mass is 10.1. The molecule has 0 saturated carbocycles. The minimum Gasteiger partial charge on any atom is -0.395 e. The number of hydrogen-bond donors (Lipinski definition) is 1. The maximum Gasteiger partial charge on any atom is 0.137 e. The van der Waals surface area contributed by atoms with Gasteiger partial charge in [0.1, 0.15) is 5.78 Å². The quantitative estimate of drug-likeness (QED) is 0.742. The molecular formula is C14H21NO2. The Morgan fingerprint density at radius 3 is 2.59 bits per heavy atom. The highest BCUT2D eigenvalue weighted by Crippen LogP contribution is 2.03. The van der Waals surface area contributed by atoms with Crippen molar-refractivity contribution in [1.29, 1.82) is 0 Å². The van der Waals surface area contributed by atoms with E-state index in [2.05, 4.69) is 0 Å². The van der Waals surface area contributed by atoms with Crippen molar-refractivity contribution in [2.24, 2.45) is 0 Å². The van der Waals surface area contributed by atoms with Gasteiger partial charge in [-0.15, -0.1) is 0 Å². The summed E-state index contributed by atoms with van der Waals surface area (Å²) in [5, 5.41) is 8.73. The molecule has 0 fully saturated rings. The van der Waals surface area contributed by atoms with Crippen molar-refractivity contribution < 1.29 is 9.90 Å². The molecule has 0 amide bonds. The van der Waals surface area contributed by atoms with E-state index in [9.17, 15) is 4.79 Å². The van der Waals surface area contributed by atoms with Gasteiger partial charge >= 0.3 is 0 Å². The molecule has 0 bridgehead atoms. The first-order chi connectivity index (χ1) is 8.22. The Bertz CT molecular complexity index is 324. The predicted molar refractivity (Wildman–Crippen MR) is 69.0 cm³/mol. The Labute approximate surface area is 103 Å². The average molecular weight is 235 g/mol. The molecule has 0 heterocycles. The topological polar surface area (TPSA) is 40.5 Å². The number of likely N-dealkylation sites (N-methyl/N-ethyl adjacent to an activating group) is 1. The SMILES string of the molecule is CN(CCO)CCCC(=O)Cc1ccccc1. The lowest BCUT2D eigenvalue weighted by Crippen LogP contribution is -2.23. The molecule has 0 atom stereocenters. The van der Waals surface area contributed by atoms with Crippen LogP contribution in [0.1, 0.15) is 18.4 Å². The molecule has 1 rings (SSSR count). The fourth-order valence-electron chi connectivity index (χ4n) is 1.74. The van der Waals surface area contributed by atoms with E-state index in [-0.39, 0.29) is 12.4 Å². The first kappa shape index (κ1) is 13.9. The van der Waals surface area contributed by atoms with Crippen molar-refractivity contribution in [3.63, 3.8) is 0 Å². The molecule has 1 aromatic rings. The molecule has 1 N–H and O–H groups in total. The summed E-state index contributed by atoms with van der Waals surface area (Å²) in [4.78, 5) is 13.7. The van der Waals surface area contributed by atoms with Gasteiger partial charge in [-0.25, -0.2) is 0 Å². The summed E-state index contributed by atoms with van der Waals surface area (Å²) in [6.07, 6.45) is 2.01. The lowest BCUT2D eigenvalue weighted by Gasteiger charge is -2.14. The molecule has 0 aliphatic rings. The first-order valence-corrected chi connectivity index (χ1v) is 6.07. The molecule has 3 heteroatoms. The number of nitrogens with zero attached hydrogens (tertiary/aromatic N) is 1. The maximum atomic E-state index is 11.7. The highest BCUT2D eigenvalue weighted by atomic mass is 16.3. The Morgan fingerprint density at radius 2 is 1.94 bits per heavy atom. The fourth-order valence-corrected chi connectivity index (χ4v) is 1.74. The van der Waals surface area contributed by atoms with Crippen molar-refractivity contribution in [3.8, 4) is 0 Å². The highest BCUT2D eigenvalue weighted by Gasteiger charge is 2.04. The molecule has 0 saturated heterocycles. The van der Waals surface area contributed by atoms with Gasteiger partial charge in [0, 0.05) is 19.4 Å². The molecule has 0 radical (unpaired) electrons. The maximum absolute atomic E-state index is 11.7. The van der Waals surface area contributed by atoms with Gasteiger partial charge in [0.05, 0.1) is 6.61 Å². The number of ketones is 1. The largest absolute Gasteiger partial charge is 0.395 e. The number of carbonyl (C=O) groups excluding carboxylic acids is 1. The molecule has 0 aliphatic heterocycles. The summed E-state index contributed by atoms with van der Waals surface area (Å²) in [6.45, 7) is 1.71. The Morgan fingerprint density at radius 1 is 1.24 bits per heavy atom. The van der Waals surface area contributed by atoms with E-state index >= 15 is 0 Å². The van der Waals surface area contributed by atoms with Crippen molar-refractivity contribution in [2.45, 2.75) is 19.3 Å². The van der Waals surface area contributed by atoms with E-state index in [0.29, 0.717) is 19.4 Å². The van der Waals surface area contributed by atoms with Crippen molar-refractivity contribution >= 4 is 5.78 Å². The standard InChI is InChI=1S/C14H21NO2/c1-15(10-11-16)9-5-8-14(17)12-13-6-3-2-4-7-13/h2-4,6-7,16H,5,8-12H2,1H3. The fraction of sp³-hybridized carbons (Fsp3) is 0.500. The van der Waals surface area contributed by atoms with Crippen LogP contribution in [0, 0.1) is 0 Å². The minimum atomic E-state index is 0.175. The summed E-state index contributed by atoms with van der Waals surface area (Å²) in [7, 11) is 1.96. The van der Waals surface area contributed by atoms with E-state index in [1.54, 1.807) is 0 Å². The van der Waals surface area contributed by atoms with Gasteiger partial charge in [-0.3, -0.25) is 4.79 Å². The van der Waals surface area contributed by atoms with E-state index in [4.69, 9.17) is 5.11 Å². The molecule has 94 valence electrons. The van der Waals surface area contributed by atoms with Crippen molar-refractivity contribution in [1.82, 2.24) is 4.90 Å². The van der Waals surface area contributed by atoms with Gasteiger partial charge in [-0.05, 0) is 25.6 Å². The summed E-state index contributed by atoms with van der Waals surface area (Å²) in [5.74, 6) is 0.286. The van der Waals surface area contributed by atoms with Crippen LogP contribution >= 0.6 is 0 Å².